The summed E-state index contributed by atoms with van der Waals surface area (Å²) in [5, 5.41) is 5.26. The summed E-state index contributed by atoms with van der Waals surface area (Å²) in [5.41, 5.74) is 0.391. The minimum atomic E-state index is -9.72. The number of urea groups is 1. The fraction of sp³-hybridized carbons (Fsp3) is 0.533. The molecule has 9 heteroatoms. The normalized spacial score (nSPS) is 23.6. The maximum Gasteiger partial charge on any atom is 0.315 e. The van der Waals surface area contributed by atoms with Gasteiger partial charge in [-0.05, 0) is 55.7 Å². The predicted molar refractivity (Wildman–Crippen MR) is 82.6 cm³/mol. The van der Waals surface area contributed by atoms with E-state index in [1.54, 1.807) is 0 Å². The third-order valence-electron chi connectivity index (χ3n) is 4.80. The van der Waals surface area contributed by atoms with Gasteiger partial charge in [0, 0.05) is 6.04 Å². The van der Waals surface area contributed by atoms with Crippen LogP contribution in [0.1, 0.15) is 44.2 Å². The number of hydrogen-bond acceptors (Lipinski definition) is 1. The molecule has 2 saturated carbocycles. The van der Waals surface area contributed by atoms with Gasteiger partial charge in [0.25, 0.3) is 0 Å². The first kappa shape index (κ1) is 17.3. The van der Waals surface area contributed by atoms with Crippen LogP contribution in [0.25, 0.3) is 0 Å². The molecule has 2 aliphatic rings. The molecule has 0 heterocycles. The highest BCUT2D eigenvalue weighted by atomic mass is 32.5. The number of rotatable bonds is 4. The van der Waals surface area contributed by atoms with Gasteiger partial charge >= 0.3 is 16.3 Å². The lowest BCUT2D eigenvalue weighted by molar-refractivity contribution is 0.187. The molecule has 136 valence electrons. The zero-order chi connectivity index (χ0) is 17.9. The molecule has 0 saturated heterocycles. The Morgan fingerprint density at radius 3 is 2.38 bits per heavy atom. The van der Waals surface area contributed by atoms with Gasteiger partial charge in [-0.3, -0.25) is 0 Å². The van der Waals surface area contributed by atoms with Gasteiger partial charge in [0.05, 0.1) is 6.04 Å². The van der Waals surface area contributed by atoms with E-state index in [-0.39, 0.29) is 11.6 Å². The average Bonchev–Trinajstić information content (AvgIpc) is 3.16. The standard InChI is InChI=1S/C15H19F5N2OS/c1-10(21-14(23)22-12-8-15(9-12)5-6-15)11-3-2-4-13(7-11)24(16,17,18,19)20/h2-4,7,10,12H,5-6,8-9H2,1H3,(H2,21,22,23). The maximum atomic E-state index is 12.9. The molecular formula is C15H19F5N2OS. The summed E-state index contributed by atoms with van der Waals surface area (Å²) in [5.74, 6) is 0. The summed E-state index contributed by atoms with van der Waals surface area (Å²) in [4.78, 5) is 9.94. The Morgan fingerprint density at radius 1 is 1.21 bits per heavy atom. The summed E-state index contributed by atoms with van der Waals surface area (Å²) < 4.78 is 64.3. The fourth-order valence-corrected chi connectivity index (χ4v) is 3.90. The van der Waals surface area contributed by atoms with Crippen LogP contribution >= 0.6 is 10.2 Å². The summed E-state index contributed by atoms with van der Waals surface area (Å²) >= 11 is 0. The fourth-order valence-electron chi connectivity index (χ4n) is 3.20. The van der Waals surface area contributed by atoms with Crippen LogP contribution in [0.5, 0.6) is 0 Å². The molecule has 3 rings (SSSR count). The molecule has 1 atom stereocenters. The number of nitrogens with one attached hydrogen (secondary N) is 2. The quantitative estimate of drug-likeness (QED) is 0.661. The second-order valence-electron chi connectivity index (χ2n) is 6.99. The van der Waals surface area contributed by atoms with Crippen molar-refractivity contribution in [3.8, 4) is 0 Å². The topological polar surface area (TPSA) is 41.1 Å². The third-order valence-corrected chi connectivity index (χ3v) is 5.95. The van der Waals surface area contributed by atoms with E-state index in [1.165, 1.54) is 25.8 Å². The van der Waals surface area contributed by atoms with E-state index in [0.717, 1.165) is 18.9 Å². The van der Waals surface area contributed by atoms with Crippen molar-refractivity contribution in [2.45, 2.75) is 49.6 Å². The first-order valence-corrected chi connectivity index (χ1v) is 9.63. The molecule has 2 fully saturated rings. The predicted octanol–water partition coefficient (Wildman–Crippen LogP) is 5.65. The molecule has 2 N–H and O–H groups in total. The SMILES string of the molecule is CC(NC(=O)NC1CC2(CC2)C1)c1cccc(S(F)(F)(F)(F)F)c1. The smallest absolute Gasteiger partial charge is 0.315 e. The minimum absolute atomic E-state index is 0.0248. The van der Waals surface area contributed by atoms with Gasteiger partial charge in [-0.2, -0.15) is 0 Å². The third kappa shape index (κ3) is 3.76. The molecule has 0 aromatic heterocycles. The Labute approximate surface area is 136 Å². The van der Waals surface area contributed by atoms with Crippen LogP contribution in [0, 0.1) is 5.41 Å². The van der Waals surface area contributed by atoms with E-state index in [0.29, 0.717) is 17.5 Å². The highest BCUT2D eigenvalue weighted by Gasteiger charge is 2.65. The Bertz CT molecular complexity index is 679. The molecule has 0 aliphatic heterocycles. The lowest BCUT2D eigenvalue weighted by Crippen LogP contribution is -2.49. The van der Waals surface area contributed by atoms with E-state index in [1.807, 2.05) is 0 Å². The van der Waals surface area contributed by atoms with Gasteiger partial charge in [0.2, 0.25) is 0 Å². The molecule has 2 aliphatic carbocycles. The zero-order valence-corrected chi connectivity index (χ0v) is 13.8. The number of carbonyl (C=O) groups excluding carboxylic acids is 1. The Hall–Kier alpha value is -1.51. The Balaban J connectivity index is 1.62. The molecule has 24 heavy (non-hydrogen) atoms. The summed E-state index contributed by atoms with van der Waals surface area (Å²) in [6.45, 7) is 1.45. The second-order valence-corrected chi connectivity index (χ2v) is 9.40. The zero-order valence-electron chi connectivity index (χ0n) is 13.0. The molecule has 3 nitrogen and oxygen atoms in total. The van der Waals surface area contributed by atoms with Gasteiger partial charge in [-0.1, -0.05) is 31.6 Å². The summed E-state index contributed by atoms with van der Waals surface area (Å²) in [6, 6.07) is 1.70. The maximum absolute atomic E-state index is 12.9. The van der Waals surface area contributed by atoms with Crippen molar-refractivity contribution in [1.29, 1.82) is 0 Å². The van der Waals surface area contributed by atoms with E-state index >= 15 is 0 Å². The Kier molecular flexibility index (Phi) is 3.29. The molecule has 2 amide bonds. The lowest BCUT2D eigenvalue weighted by Gasteiger charge is -2.40. The number of amides is 2. The largest absolute Gasteiger partial charge is 0.335 e. The van der Waals surface area contributed by atoms with Crippen molar-refractivity contribution in [2.75, 3.05) is 0 Å². The molecule has 1 aromatic carbocycles. The molecule has 0 radical (unpaired) electrons. The first-order valence-electron chi connectivity index (χ1n) is 7.68. The van der Waals surface area contributed by atoms with Gasteiger partial charge in [0.15, 0.2) is 0 Å². The first-order chi connectivity index (χ1) is 10.8. The van der Waals surface area contributed by atoms with Crippen molar-refractivity contribution in [3.63, 3.8) is 0 Å². The van der Waals surface area contributed by atoms with Crippen LogP contribution in [0.2, 0.25) is 0 Å². The average molecular weight is 370 g/mol. The van der Waals surface area contributed by atoms with Crippen molar-refractivity contribution >= 4 is 16.3 Å². The van der Waals surface area contributed by atoms with Gasteiger partial charge in [0.1, 0.15) is 4.90 Å². The minimum Gasteiger partial charge on any atom is -0.335 e. The van der Waals surface area contributed by atoms with Gasteiger partial charge in [-0.25, -0.2) is 4.79 Å². The van der Waals surface area contributed by atoms with Crippen molar-refractivity contribution in [3.05, 3.63) is 29.8 Å². The van der Waals surface area contributed by atoms with Crippen LogP contribution < -0.4 is 10.6 Å². The van der Waals surface area contributed by atoms with Crippen molar-refractivity contribution in [2.24, 2.45) is 5.41 Å². The van der Waals surface area contributed by atoms with Crippen molar-refractivity contribution < 1.29 is 24.2 Å². The molecular weight excluding hydrogens is 351 g/mol. The Morgan fingerprint density at radius 2 is 1.83 bits per heavy atom. The van der Waals surface area contributed by atoms with Crippen LogP contribution in [0.4, 0.5) is 24.2 Å². The van der Waals surface area contributed by atoms with E-state index < -0.39 is 27.2 Å². The summed E-state index contributed by atoms with van der Waals surface area (Å²) in [7, 11) is -9.72. The van der Waals surface area contributed by atoms with Crippen LogP contribution in [-0.4, -0.2) is 12.1 Å². The second kappa shape index (κ2) is 4.56. The van der Waals surface area contributed by atoms with Crippen LogP contribution in [0.3, 0.4) is 0 Å². The van der Waals surface area contributed by atoms with Gasteiger partial charge < -0.3 is 10.6 Å². The highest BCUT2D eigenvalue weighted by molar-refractivity contribution is 8.45. The van der Waals surface area contributed by atoms with Gasteiger partial charge in [-0.15, -0.1) is 0 Å². The van der Waals surface area contributed by atoms with E-state index in [4.69, 9.17) is 0 Å². The number of carbonyl (C=O) groups is 1. The van der Waals surface area contributed by atoms with Crippen LogP contribution in [0.15, 0.2) is 29.2 Å². The lowest BCUT2D eigenvalue weighted by atomic mass is 9.77. The van der Waals surface area contributed by atoms with E-state index in [9.17, 15) is 24.2 Å². The summed E-state index contributed by atoms with van der Waals surface area (Å²) in [6.07, 6.45) is 4.22. The monoisotopic (exact) mass is 370 g/mol. The molecule has 0 bridgehead atoms. The number of hydrogen-bond donors (Lipinski definition) is 2. The molecule has 1 unspecified atom stereocenters. The molecule has 1 spiro atoms. The highest BCUT2D eigenvalue weighted by Crippen LogP contribution is 3.02. The number of benzene rings is 1. The van der Waals surface area contributed by atoms with Crippen LogP contribution in [-0.2, 0) is 0 Å². The molecule has 1 aromatic rings. The van der Waals surface area contributed by atoms with Crippen molar-refractivity contribution in [1.82, 2.24) is 10.6 Å². The van der Waals surface area contributed by atoms with E-state index in [2.05, 4.69) is 10.6 Å². The number of halogens is 5.